The van der Waals surface area contributed by atoms with Crippen LogP contribution in [0.3, 0.4) is 0 Å². The second kappa shape index (κ2) is 4.32. The summed E-state index contributed by atoms with van der Waals surface area (Å²) in [6.07, 6.45) is 1.98. The molecule has 0 saturated heterocycles. The zero-order valence-electron chi connectivity index (χ0n) is 9.20. The van der Waals surface area contributed by atoms with E-state index in [-0.39, 0.29) is 31.0 Å². The minimum atomic E-state index is -1.10. The molecule has 1 N–H and O–H groups in total. The van der Waals surface area contributed by atoms with Crippen molar-refractivity contribution in [1.82, 2.24) is 20.0 Å². The number of carboxylic acids is 1. The summed E-state index contributed by atoms with van der Waals surface area (Å²) in [5.41, 5.74) is 0.560. The van der Waals surface area contributed by atoms with Gasteiger partial charge in [0.15, 0.2) is 0 Å². The van der Waals surface area contributed by atoms with Crippen LogP contribution in [0.2, 0.25) is 0 Å². The summed E-state index contributed by atoms with van der Waals surface area (Å²) in [4.78, 5) is 22.3. The van der Waals surface area contributed by atoms with Crippen molar-refractivity contribution in [2.75, 3.05) is 0 Å². The Kier molecular flexibility index (Phi) is 2.86. The number of aryl methyl sites for hydroxylation is 1. The first kappa shape index (κ1) is 11.2. The van der Waals surface area contributed by atoms with Gasteiger partial charge >= 0.3 is 5.97 Å². The molecule has 0 atom stereocenters. The van der Waals surface area contributed by atoms with E-state index >= 15 is 0 Å². The lowest BCUT2D eigenvalue weighted by Crippen LogP contribution is -2.33. The molecule has 90 valence electrons. The van der Waals surface area contributed by atoms with Crippen molar-refractivity contribution in [2.45, 2.75) is 19.4 Å². The summed E-state index contributed by atoms with van der Waals surface area (Å²) in [6, 6.07) is 0. The van der Waals surface area contributed by atoms with Crippen molar-refractivity contribution in [3.63, 3.8) is 0 Å². The van der Waals surface area contributed by atoms with E-state index in [1.54, 1.807) is 13.2 Å². The van der Waals surface area contributed by atoms with Gasteiger partial charge in [-0.05, 0) is 0 Å². The number of rotatable bonds is 3. The van der Waals surface area contributed by atoms with Crippen LogP contribution in [0.1, 0.15) is 18.5 Å². The lowest BCUT2D eigenvalue weighted by molar-refractivity contribution is -0.133. The van der Waals surface area contributed by atoms with Gasteiger partial charge in [0.1, 0.15) is 11.4 Å². The minimum Gasteiger partial charge on any atom is -0.477 e. The fourth-order valence-corrected chi connectivity index (χ4v) is 1.50. The van der Waals surface area contributed by atoms with E-state index in [1.807, 2.05) is 0 Å². The van der Waals surface area contributed by atoms with Crippen LogP contribution in [0.4, 0.5) is 0 Å². The molecule has 0 saturated carbocycles. The van der Waals surface area contributed by atoms with E-state index in [0.717, 1.165) is 5.01 Å². The number of amides is 1. The Balaban J connectivity index is 2.15. The minimum absolute atomic E-state index is 0.00603. The summed E-state index contributed by atoms with van der Waals surface area (Å²) in [7, 11) is 1.71. The number of hydrogen-bond donors (Lipinski definition) is 1. The zero-order chi connectivity index (χ0) is 12.4. The van der Waals surface area contributed by atoms with Crippen molar-refractivity contribution in [1.29, 1.82) is 0 Å². The quantitative estimate of drug-likeness (QED) is 0.754. The highest BCUT2D eigenvalue weighted by atomic mass is 16.4. The van der Waals surface area contributed by atoms with Gasteiger partial charge in [-0.3, -0.25) is 9.48 Å². The fourth-order valence-electron chi connectivity index (χ4n) is 1.50. The van der Waals surface area contributed by atoms with E-state index in [9.17, 15) is 9.59 Å². The lowest BCUT2D eigenvalue weighted by atomic mass is 10.1. The molecule has 1 aromatic heterocycles. The molecule has 1 aliphatic heterocycles. The number of hydrazone groups is 1. The molecule has 8 nitrogen and oxygen atoms in total. The molecule has 0 aromatic carbocycles. The van der Waals surface area contributed by atoms with Gasteiger partial charge in [0.25, 0.3) is 0 Å². The van der Waals surface area contributed by atoms with Crippen molar-refractivity contribution in [2.24, 2.45) is 12.1 Å². The maximum absolute atomic E-state index is 11.5. The highest BCUT2D eigenvalue weighted by Crippen LogP contribution is 2.12. The van der Waals surface area contributed by atoms with Crippen molar-refractivity contribution in [3.8, 4) is 0 Å². The molecule has 8 heteroatoms. The number of hydrogen-bond acceptors (Lipinski definition) is 5. The maximum Gasteiger partial charge on any atom is 0.352 e. The van der Waals surface area contributed by atoms with Crippen LogP contribution in [-0.2, 0) is 23.2 Å². The van der Waals surface area contributed by atoms with Gasteiger partial charge in [0.05, 0.1) is 12.7 Å². The largest absolute Gasteiger partial charge is 0.477 e. The van der Waals surface area contributed by atoms with Crippen LogP contribution in [0.15, 0.2) is 11.3 Å². The molecular formula is C9H11N5O3. The topological polar surface area (TPSA) is 101 Å². The Bertz CT molecular complexity index is 493. The highest BCUT2D eigenvalue weighted by Gasteiger charge is 2.24. The first-order valence-electron chi connectivity index (χ1n) is 5.02. The molecule has 1 aromatic rings. The Morgan fingerprint density at radius 2 is 2.29 bits per heavy atom. The Morgan fingerprint density at radius 1 is 1.53 bits per heavy atom. The first-order chi connectivity index (χ1) is 8.06. The van der Waals surface area contributed by atoms with E-state index < -0.39 is 5.97 Å². The van der Waals surface area contributed by atoms with E-state index in [4.69, 9.17) is 5.11 Å². The number of carbonyl (C=O) groups is 2. The molecule has 1 aliphatic rings. The standard InChI is InChI=1S/C9H11N5O3/c1-13-4-6(10-12-13)5-14-8(15)3-2-7(11-14)9(16)17/h4H,2-3,5H2,1H3,(H,16,17). The highest BCUT2D eigenvalue weighted by molar-refractivity contribution is 6.36. The predicted octanol–water partition coefficient (Wildman–Crippen LogP) is -0.622. The zero-order valence-corrected chi connectivity index (χ0v) is 9.20. The number of carbonyl (C=O) groups excluding carboxylic acids is 1. The van der Waals surface area contributed by atoms with Crippen LogP contribution < -0.4 is 0 Å². The van der Waals surface area contributed by atoms with E-state index in [2.05, 4.69) is 15.4 Å². The summed E-state index contributed by atoms with van der Waals surface area (Å²) in [6.45, 7) is 0.142. The Morgan fingerprint density at radius 3 is 2.88 bits per heavy atom. The van der Waals surface area contributed by atoms with Crippen molar-refractivity contribution in [3.05, 3.63) is 11.9 Å². The molecule has 2 rings (SSSR count). The second-order valence-electron chi connectivity index (χ2n) is 3.69. The lowest BCUT2D eigenvalue weighted by Gasteiger charge is -2.20. The van der Waals surface area contributed by atoms with Gasteiger partial charge in [-0.1, -0.05) is 5.21 Å². The number of nitrogens with zero attached hydrogens (tertiary/aromatic N) is 5. The van der Waals surface area contributed by atoms with Crippen LogP contribution in [-0.4, -0.2) is 42.7 Å². The Labute approximate surface area is 96.5 Å². The predicted molar refractivity (Wildman–Crippen MR) is 55.9 cm³/mol. The third kappa shape index (κ3) is 2.47. The molecule has 17 heavy (non-hydrogen) atoms. The molecule has 0 spiro atoms. The third-order valence-corrected chi connectivity index (χ3v) is 2.31. The van der Waals surface area contributed by atoms with Crippen LogP contribution in [0.5, 0.6) is 0 Å². The molecule has 0 radical (unpaired) electrons. The molecule has 0 unspecified atom stereocenters. The molecule has 0 bridgehead atoms. The van der Waals surface area contributed by atoms with Crippen LogP contribution in [0.25, 0.3) is 0 Å². The van der Waals surface area contributed by atoms with Crippen molar-refractivity contribution >= 4 is 17.6 Å². The first-order valence-corrected chi connectivity index (χ1v) is 5.02. The summed E-state index contributed by atoms with van der Waals surface area (Å²) in [5.74, 6) is -1.30. The average Bonchev–Trinajstić information content (AvgIpc) is 2.67. The molecule has 2 heterocycles. The second-order valence-corrected chi connectivity index (χ2v) is 3.69. The van der Waals surface area contributed by atoms with Gasteiger partial charge in [-0.25, -0.2) is 9.80 Å². The maximum atomic E-state index is 11.5. The fraction of sp³-hybridized carbons (Fsp3) is 0.444. The number of aromatic nitrogens is 3. The SMILES string of the molecule is Cn1cc(CN2N=C(C(=O)O)CCC2=O)nn1. The van der Waals surface area contributed by atoms with E-state index in [0.29, 0.717) is 5.69 Å². The Hall–Kier alpha value is -2.25. The van der Waals surface area contributed by atoms with E-state index in [1.165, 1.54) is 4.68 Å². The van der Waals surface area contributed by atoms with Gasteiger partial charge in [-0.2, -0.15) is 5.10 Å². The van der Waals surface area contributed by atoms with Gasteiger partial charge in [-0.15, -0.1) is 5.10 Å². The molecule has 0 fully saturated rings. The van der Waals surface area contributed by atoms with Gasteiger partial charge in [0.2, 0.25) is 5.91 Å². The number of carboxylic acid groups (broad SMARTS) is 1. The molecule has 1 amide bonds. The van der Waals surface area contributed by atoms with Gasteiger partial charge in [0, 0.05) is 19.9 Å². The molecular weight excluding hydrogens is 226 g/mol. The smallest absolute Gasteiger partial charge is 0.352 e. The van der Waals surface area contributed by atoms with Gasteiger partial charge < -0.3 is 5.11 Å². The van der Waals surface area contributed by atoms with Crippen LogP contribution >= 0.6 is 0 Å². The monoisotopic (exact) mass is 237 g/mol. The average molecular weight is 237 g/mol. The third-order valence-electron chi connectivity index (χ3n) is 2.31. The molecule has 0 aliphatic carbocycles. The normalized spacial score (nSPS) is 15.9. The number of aliphatic carboxylic acids is 1. The summed E-state index contributed by atoms with van der Waals surface area (Å²) < 4.78 is 1.51. The van der Waals surface area contributed by atoms with Crippen molar-refractivity contribution < 1.29 is 14.7 Å². The van der Waals surface area contributed by atoms with Crippen LogP contribution in [0, 0.1) is 0 Å². The summed E-state index contributed by atoms with van der Waals surface area (Å²) in [5, 5.41) is 21.3. The summed E-state index contributed by atoms with van der Waals surface area (Å²) >= 11 is 0.